The van der Waals surface area contributed by atoms with Crippen molar-refractivity contribution >= 4 is 33.6 Å². The average Bonchev–Trinajstić information content (AvgIpc) is 2.94. The van der Waals surface area contributed by atoms with Gasteiger partial charge in [0.2, 0.25) is 5.91 Å². The van der Waals surface area contributed by atoms with Crippen LogP contribution in [0.2, 0.25) is 0 Å². The SMILES string of the molecule is CNC(=O)CSc1ncc(-c2ccc(Br)cc2)n1CCOC. The van der Waals surface area contributed by atoms with Crippen LogP contribution >= 0.6 is 27.7 Å². The molecule has 0 saturated carbocycles. The summed E-state index contributed by atoms with van der Waals surface area (Å²) in [7, 11) is 3.31. The first-order valence-corrected chi connectivity index (χ1v) is 8.57. The van der Waals surface area contributed by atoms with Gasteiger partial charge < -0.3 is 14.6 Å². The predicted octanol–water partition coefficient (Wildman–Crippen LogP) is 2.80. The highest BCUT2D eigenvalue weighted by Gasteiger charge is 2.13. The van der Waals surface area contributed by atoms with E-state index >= 15 is 0 Å². The molecule has 22 heavy (non-hydrogen) atoms. The maximum Gasteiger partial charge on any atom is 0.230 e. The van der Waals surface area contributed by atoms with Gasteiger partial charge in [0, 0.05) is 25.2 Å². The Kier molecular flexibility index (Phi) is 6.48. The fraction of sp³-hybridized carbons (Fsp3) is 0.333. The highest BCUT2D eigenvalue weighted by atomic mass is 79.9. The summed E-state index contributed by atoms with van der Waals surface area (Å²) in [5.41, 5.74) is 2.10. The number of hydrogen-bond acceptors (Lipinski definition) is 4. The number of methoxy groups -OCH3 is 1. The first-order chi connectivity index (χ1) is 10.7. The van der Waals surface area contributed by atoms with E-state index in [1.807, 2.05) is 30.5 Å². The lowest BCUT2D eigenvalue weighted by Gasteiger charge is -2.11. The predicted molar refractivity (Wildman–Crippen MR) is 92.0 cm³/mol. The second kappa shape index (κ2) is 8.36. The van der Waals surface area contributed by atoms with E-state index in [4.69, 9.17) is 4.74 Å². The molecule has 0 bridgehead atoms. The van der Waals surface area contributed by atoms with E-state index in [-0.39, 0.29) is 5.91 Å². The molecule has 5 nitrogen and oxygen atoms in total. The van der Waals surface area contributed by atoms with E-state index in [0.29, 0.717) is 18.9 Å². The summed E-state index contributed by atoms with van der Waals surface area (Å²) < 4.78 is 8.30. The lowest BCUT2D eigenvalue weighted by Crippen LogP contribution is -2.20. The number of nitrogens with zero attached hydrogens (tertiary/aromatic N) is 2. The first kappa shape index (κ1) is 17.1. The van der Waals surface area contributed by atoms with Gasteiger partial charge in [-0.1, -0.05) is 39.8 Å². The van der Waals surface area contributed by atoms with Gasteiger partial charge in [-0.2, -0.15) is 0 Å². The first-order valence-electron chi connectivity index (χ1n) is 6.79. The topological polar surface area (TPSA) is 56.2 Å². The minimum absolute atomic E-state index is 0.0171. The number of aromatic nitrogens is 2. The van der Waals surface area contributed by atoms with Gasteiger partial charge in [-0.05, 0) is 17.7 Å². The lowest BCUT2D eigenvalue weighted by molar-refractivity contribution is -0.118. The summed E-state index contributed by atoms with van der Waals surface area (Å²) in [5.74, 6) is 0.330. The molecule has 1 amide bonds. The fourth-order valence-corrected chi connectivity index (χ4v) is 3.07. The number of rotatable bonds is 7. The van der Waals surface area contributed by atoms with Gasteiger partial charge in [0.05, 0.1) is 24.3 Å². The monoisotopic (exact) mass is 383 g/mol. The largest absolute Gasteiger partial charge is 0.383 e. The molecule has 1 aromatic carbocycles. The molecule has 0 saturated heterocycles. The highest BCUT2D eigenvalue weighted by Crippen LogP contribution is 2.27. The molecule has 118 valence electrons. The molecule has 1 heterocycles. The normalized spacial score (nSPS) is 10.7. The zero-order chi connectivity index (χ0) is 15.9. The van der Waals surface area contributed by atoms with E-state index in [9.17, 15) is 4.79 Å². The van der Waals surface area contributed by atoms with E-state index in [1.54, 1.807) is 14.2 Å². The van der Waals surface area contributed by atoms with Crippen LogP contribution in [0.4, 0.5) is 0 Å². The smallest absolute Gasteiger partial charge is 0.230 e. The quantitative estimate of drug-likeness (QED) is 0.746. The Hall–Kier alpha value is -1.31. The number of carbonyl (C=O) groups is 1. The molecule has 0 aliphatic carbocycles. The van der Waals surface area contributed by atoms with Crippen LogP contribution in [0.1, 0.15) is 0 Å². The molecule has 2 aromatic rings. The summed E-state index contributed by atoms with van der Waals surface area (Å²) in [5, 5.41) is 3.43. The van der Waals surface area contributed by atoms with Gasteiger partial charge in [0.15, 0.2) is 5.16 Å². The van der Waals surface area contributed by atoms with E-state index < -0.39 is 0 Å². The van der Waals surface area contributed by atoms with Gasteiger partial charge in [0.1, 0.15) is 0 Å². The van der Waals surface area contributed by atoms with Crippen molar-refractivity contribution in [3.05, 3.63) is 34.9 Å². The molecule has 0 aliphatic heterocycles. The van der Waals surface area contributed by atoms with Crippen molar-refractivity contribution in [3.8, 4) is 11.3 Å². The third-order valence-corrected chi connectivity index (χ3v) is 4.61. The van der Waals surface area contributed by atoms with Crippen LogP contribution in [0.15, 0.2) is 40.1 Å². The number of ether oxygens (including phenoxy) is 1. The Labute approximate surface area is 142 Å². The fourth-order valence-electron chi connectivity index (χ4n) is 1.93. The summed E-state index contributed by atoms with van der Waals surface area (Å²) >= 11 is 4.87. The number of benzene rings is 1. The van der Waals surface area contributed by atoms with Crippen LogP contribution in [0, 0.1) is 0 Å². The minimum atomic E-state index is -0.0171. The number of nitrogens with one attached hydrogen (secondary N) is 1. The van der Waals surface area contributed by atoms with Crippen LogP contribution in [0.5, 0.6) is 0 Å². The van der Waals surface area contributed by atoms with Crippen LogP contribution < -0.4 is 5.32 Å². The summed E-state index contributed by atoms with van der Waals surface area (Å²) in [6.07, 6.45) is 1.84. The summed E-state index contributed by atoms with van der Waals surface area (Å²) in [6, 6.07) is 8.08. The molecular weight excluding hydrogens is 366 g/mol. The lowest BCUT2D eigenvalue weighted by atomic mass is 10.2. The van der Waals surface area contributed by atoms with Crippen molar-refractivity contribution in [3.63, 3.8) is 0 Å². The average molecular weight is 384 g/mol. The molecule has 0 spiro atoms. The molecule has 0 unspecified atom stereocenters. The second-order valence-corrected chi connectivity index (χ2v) is 6.40. The number of amides is 1. The Morgan fingerprint density at radius 1 is 1.41 bits per heavy atom. The molecule has 0 fully saturated rings. The number of halogens is 1. The number of carbonyl (C=O) groups excluding carboxylic acids is 1. The molecule has 1 aromatic heterocycles. The molecule has 0 radical (unpaired) electrons. The molecule has 2 rings (SSSR count). The van der Waals surface area contributed by atoms with E-state index in [1.165, 1.54) is 11.8 Å². The van der Waals surface area contributed by atoms with Gasteiger partial charge in [-0.3, -0.25) is 4.79 Å². The maximum atomic E-state index is 11.4. The molecule has 7 heteroatoms. The van der Waals surface area contributed by atoms with Crippen molar-refractivity contribution in [2.24, 2.45) is 0 Å². The maximum absolute atomic E-state index is 11.4. The van der Waals surface area contributed by atoms with Gasteiger partial charge in [0.25, 0.3) is 0 Å². The number of imidazole rings is 1. The summed E-state index contributed by atoms with van der Waals surface area (Å²) in [6.45, 7) is 1.28. The standard InChI is InChI=1S/C15H18BrN3O2S/c1-17-14(20)10-22-15-18-9-13(19(15)7-8-21-2)11-3-5-12(16)6-4-11/h3-6,9H,7-8,10H2,1-2H3,(H,17,20). The number of hydrogen-bond donors (Lipinski definition) is 1. The molecule has 0 atom stereocenters. The Balaban J connectivity index is 2.27. The Morgan fingerprint density at radius 2 is 2.14 bits per heavy atom. The van der Waals surface area contributed by atoms with E-state index in [0.717, 1.165) is 20.9 Å². The van der Waals surface area contributed by atoms with Gasteiger partial charge in [-0.15, -0.1) is 0 Å². The van der Waals surface area contributed by atoms with Crippen LogP contribution in [0.25, 0.3) is 11.3 Å². The third kappa shape index (κ3) is 4.34. The zero-order valence-electron chi connectivity index (χ0n) is 12.5. The van der Waals surface area contributed by atoms with Crippen LogP contribution in [-0.2, 0) is 16.1 Å². The third-order valence-electron chi connectivity index (χ3n) is 3.09. The molecule has 0 aliphatic rings. The highest BCUT2D eigenvalue weighted by molar-refractivity contribution is 9.10. The van der Waals surface area contributed by atoms with Crippen molar-refractivity contribution in [2.75, 3.05) is 26.5 Å². The van der Waals surface area contributed by atoms with Crippen molar-refractivity contribution < 1.29 is 9.53 Å². The van der Waals surface area contributed by atoms with Crippen molar-refractivity contribution in [1.29, 1.82) is 0 Å². The van der Waals surface area contributed by atoms with Gasteiger partial charge in [-0.25, -0.2) is 4.98 Å². The minimum Gasteiger partial charge on any atom is -0.383 e. The zero-order valence-corrected chi connectivity index (χ0v) is 14.9. The molecule has 1 N–H and O–H groups in total. The Bertz CT molecular complexity index is 628. The Morgan fingerprint density at radius 3 is 2.77 bits per heavy atom. The van der Waals surface area contributed by atoms with Crippen molar-refractivity contribution in [1.82, 2.24) is 14.9 Å². The second-order valence-electron chi connectivity index (χ2n) is 4.54. The van der Waals surface area contributed by atoms with Gasteiger partial charge >= 0.3 is 0 Å². The van der Waals surface area contributed by atoms with Crippen LogP contribution in [-0.4, -0.2) is 42.0 Å². The van der Waals surface area contributed by atoms with Crippen LogP contribution in [0.3, 0.4) is 0 Å². The summed E-state index contributed by atoms with van der Waals surface area (Å²) in [4.78, 5) is 15.9. The van der Waals surface area contributed by atoms with Crippen molar-refractivity contribution in [2.45, 2.75) is 11.7 Å². The van der Waals surface area contributed by atoms with E-state index in [2.05, 4.69) is 30.8 Å². The molecular formula is C15H18BrN3O2S. The number of thioether (sulfide) groups is 1.